The zero-order chi connectivity index (χ0) is 30.8. The summed E-state index contributed by atoms with van der Waals surface area (Å²) in [6.45, 7) is 2.18. The van der Waals surface area contributed by atoms with E-state index in [0.29, 0.717) is 11.1 Å². The van der Waals surface area contributed by atoms with Gasteiger partial charge in [-0.15, -0.1) is 5.10 Å². The van der Waals surface area contributed by atoms with E-state index >= 15 is 0 Å². The molecule has 1 aromatic heterocycles. The number of benzene rings is 3. The van der Waals surface area contributed by atoms with Gasteiger partial charge in [0.05, 0.1) is 24.7 Å². The number of hydrogen-bond donors (Lipinski definition) is 2. The highest BCUT2D eigenvalue weighted by molar-refractivity contribution is 5.94. The molecular weight excluding hydrogens is 566 g/mol. The molecule has 0 bridgehead atoms. The predicted molar refractivity (Wildman–Crippen MR) is 142 cm³/mol. The lowest BCUT2D eigenvalue weighted by Gasteiger charge is -2.16. The molecule has 4 aromatic rings. The molecular formula is C29H26F6N4O3. The van der Waals surface area contributed by atoms with Gasteiger partial charge in [0, 0.05) is 11.1 Å². The summed E-state index contributed by atoms with van der Waals surface area (Å²) in [7, 11) is 0. The lowest BCUT2D eigenvalue weighted by Crippen LogP contribution is -2.37. The fourth-order valence-corrected chi connectivity index (χ4v) is 4.18. The van der Waals surface area contributed by atoms with Crippen molar-refractivity contribution in [1.82, 2.24) is 19.7 Å². The average Bonchev–Trinajstić information content (AvgIpc) is 3.23. The first-order valence-electron chi connectivity index (χ1n) is 12.7. The summed E-state index contributed by atoms with van der Waals surface area (Å²) >= 11 is 0. The van der Waals surface area contributed by atoms with Crippen LogP contribution in [0.3, 0.4) is 0 Å². The Morgan fingerprint density at radius 3 is 2.21 bits per heavy atom. The van der Waals surface area contributed by atoms with Crippen LogP contribution < -0.4 is 11.0 Å². The van der Waals surface area contributed by atoms with Crippen molar-refractivity contribution in [2.45, 2.75) is 51.4 Å². The van der Waals surface area contributed by atoms with Crippen molar-refractivity contribution in [2.24, 2.45) is 0 Å². The van der Waals surface area contributed by atoms with Crippen LogP contribution in [0, 0.1) is 6.92 Å². The van der Waals surface area contributed by atoms with Gasteiger partial charge in [-0.3, -0.25) is 9.36 Å². The zero-order valence-electron chi connectivity index (χ0n) is 22.4. The lowest BCUT2D eigenvalue weighted by atomic mass is 10.0. The van der Waals surface area contributed by atoms with E-state index in [9.17, 15) is 41.0 Å². The Kier molecular flexibility index (Phi) is 8.62. The Hall–Kier alpha value is -4.39. The summed E-state index contributed by atoms with van der Waals surface area (Å²) in [5, 5.41) is 16.5. The molecule has 0 aliphatic heterocycles. The van der Waals surface area contributed by atoms with Crippen LogP contribution in [-0.2, 0) is 19.3 Å². The molecule has 0 fully saturated rings. The van der Waals surface area contributed by atoms with Crippen molar-refractivity contribution in [2.75, 3.05) is 0 Å². The summed E-state index contributed by atoms with van der Waals surface area (Å²) in [5.41, 5.74) is 0.528. The van der Waals surface area contributed by atoms with Gasteiger partial charge in [0.1, 0.15) is 0 Å². The van der Waals surface area contributed by atoms with E-state index in [-0.39, 0.29) is 23.5 Å². The highest BCUT2D eigenvalue weighted by Crippen LogP contribution is 2.31. The quantitative estimate of drug-likeness (QED) is 0.265. The molecule has 4 rings (SSSR count). The molecule has 0 saturated heterocycles. The highest BCUT2D eigenvalue weighted by Gasteiger charge is 2.39. The van der Waals surface area contributed by atoms with Gasteiger partial charge in [-0.2, -0.15) is 26.3 Å². The molecule has 2 N–H and O–H groups in total. The number of halogens is 6. The number of carbonyl (C=O) groups excluding carboxylic acids is 1. The minimum absolute atomic E-state index is 0.0529. The first-order valence-corrected chi connectivity index (χ1v) is 12.7. The molecule has 0 aliphatic rings. The monoisotopic (exact) mass is 592 g/mol. The van der Waals surface area contributed by atoms with E-state index in [1.807, 2.05) is 6.92 Å². The molecule has 1 heterocycles. The molecule has 2 unspecified atom stereocenters. The van der Waals surface area contributed by atoms with Crippen molar-refractivity contribution in [3.05, 3.63) is 111 Å². The third-order valence-electron chi connectivity index (χ3n) is 6.58. The van der Waals surface area contributed by atoms with E-state index in [1.54, 1.807) is 31.2 Å². The minimum Gasteiger partial charge on any atom is -0.382 e. The van der Waals surface area contributed by atoms with Gasteiger partial charge in [-0.25, -0.2) is 9.48 Å². The molecule has 0 spiro atoms. The van der Waals surface area contributed by atoms with Gasteiger partial charge in [0.15, 0.2) is 11.9 Å². The summed E-state index contributed by atoms with van der Waals surface area (Å²) in [6.07, 6.45) is -12.2. The molecule has 0 saturated carbocycles. The van der Waals surface area contributed by atoms with Crippen LogP contribution in [0.25, 0.3) is 11.4 Å². The molecule has 0 radical (unpaired) electrons. The number of aryl methyl sites for hydroxylation is 1. The standard InChI is InChI=1S/C29H26F6N4O3/c1-17-6-10-20(11-7-17)25-37-39(27(42)38(25)16-24(40)29(33,34)35)15-19-8-12-21(13-9-19)26(41)36-18(2)22-4-3-5-23(14-22)28(30,31)32/h3-14,18,24,40H,15-16H2,1-2H3,(H,36,41). The van der Waals surface area contributed by atoms with Gasteiger partial charge in [-0.05, 0) is 49.2 Å². The van der Waals surface area contributed by atoms with E-state index in [4.69, 9.17) is 0 Å². The summed E-state index contributed by atoms with van der Waals surface area (Å²) in [6, 6.07) is 16.5. The van der Waals surface area contributed by atoms with Gasteiger partial charge in [0.25, 0.3) is 5.91 Å². The fraction of sp³-hybridized carbons (Fsp3) is 0.276. The highest BCUT2D eigenvalue weighted by atomic mass is 19.4. The fourth-order valence-electron chi connectivity index (χ4n) is 4.18. The third kappa shape index (κ3) is 7.08. The summed E-state index contributed by atoms with van der Waals surface area (Å²) in [4.78, 5) is 25.8. The van der Waals surface area contributed by atoms with Crippen LogP contribution >= 0.6 is 0 Å². The minimum atomic E-state index is -4.94. The van der Waals surface area contributed by atoms with Crippen molar-refractivity contribution in [3.63, 3.8) is 0 Å². The predicted octanol–water partition coefficient (Wildman–Crippen LogP) is 5.50. The SMILES string of the molecule is Cc1ccc(-c2nn(Cc3ccc(C(=O)NC(C)c4cccc(C(F)(F)F)c4)cc3)c(=O)n2CC(O)C(F)(F)F)cc1. The van der Waals surface area contributed by atoms with Gasteiger partial charge in [0.2, 0.25) is 0 Å². The van der Waals surface area contributed by atoms with E-state index in [2.05, 4.69) is 10.4 Å². The van der Waals surface area contributed by atoms with Crippen LogP contribution in [0.1, 0.15) is 45.6 Å². The smallest absolute Gasteiger partial charge is 0.382 e. The number of nitrogens with one attached hydrogen (secondary N) is 1. The molecule has 3 aromatic carbocycles. The topological polar surface area (TPSA) is 89.2 Å². The number of aliphatic hydroxyl groups is 1. The van der Waals surface area contributed by atoms with Crippen molar-refractivity contribution in [1.29, 1.82) is 0 Å². The largest absolute Gasteiger partial charge is 0.416 e. The molecule has 42 heavy (non-hydrogen) atoms. The van der Waals surface area contributed by atoms with E-state index in [0.717, 1.165) is 26.9 Å². The van der Waals surface area contributed by atoms with Crippen LogP contribution in [0.4, 0.5) is 26.3 Å². The second-order valence-electron chi connectivity index (χ2n) is 9.81. The van der Waals surface area contributed by atoms with Crippen LogP contribution in [-0.4, -0.2) is 37.6 Å². The Bertz CT molecular complexity index is 1610. The number of amides is 1. The number of aromatic nitrogens is 3. The maximum Gasteiger partial charge on any atom is 0.416 e. The Morgan fingerprint density at radius 2 is 1.62 bits per heavy atom. The number of carbonyl (C=O) groups is 1. The van der Waals surface area contributed by atoms with E-state index < -0.39 is 48.2 Å². The Morgan fingerprint density at radius 1 is 0.976 bits per heavy atom. The summed E-state index contributed by atoms with van der Waals surface area (Å²) in [5.74, 6) is -0.599. The normalized spacial score (nSPS) is 13.5. The maximum absolute atomic E-state index is 13.1. The van der Waals surface area contributed by atoms with Crippen molar-refractivity contribution < 1.29 is 36.2 Å². The zero-order valence-corrected chi connectivity index (χ0v) is 22.4. The molecule has 13 heteroatoms. The number of alkyl halides is 6. The first kappa shape index (κ1) is 30.6. The second-order valence-corrected chi connectivity index (χ2v) is 9.81. The van der Waals surface area contributed by atoms with Crippen LogP contribution in [0.5, 0.6) is 0 Å². The van der Waals surface area contributed by atoms with Gasteiger partial charge < -0.3 is 10.4 Å². The number of rotatable bonds is 8. The summed E-state index contributed by atoms with van der Waals surface area (Å²) < 4.78 is 80.1. The lowest BCUT2D eigenvalue weighted by molar-refractivity contribution is -0.207. The second kappa shape index (κ2) is 11.8. The Balaban J connectivity index is 1.53. The van der Waals surface area contributed by atoms with Crippen LogP contribution in [0.2, 0.25) is 0 Å². The molecule has 7 nitrogen and oxygen atoms in total. The molecule has 1 amide bonds. The van der Waals surface area contributed by atoms with E-state index in [1.165, 1.54) is 36.4 Å². The van der Waals surface area contributed by atoms with Gasteiger partial charge >= 0.3 is 18.0 Å². The molecule has 0 aliphatic carbocycles. The van der Waals surface area contributed by atoms with Gasteiger partial charge in [-0.1, -0.05) is 54.1 Å². The Labute approximate surface area is 236 Å². The van der Waals surface area contributed by atoms with Crippen LogP contribution in [0.15, 0.2) is 77.6 Å². The number of nitrogens with zero attached hydrogens (tertiary/aromatic N) is 3. The van der Waals surface area contributed by atoms with Crippen molar-refractivity contribution >= 4 is 5.91 Å². The molecule has 222 valence electrons. The third-order valence-corrected chi connectivity index (χ3v) is 6.58. The number of aliphatic hydroxyl groups excluding tert-OH is 1. The number of hydrogen-bond acceptors (Lipinski definition) is 4. The average molecular weight is 593 g/mol. The maximum atomic E-state index is 13.1. The molecule has 2 atom stereocenters. The van der Waals surface area contributed by atoms with Crippen molar-refractivity contribution in [3.8, 4) is 11.4 Å². The first-order chi connectivity index (χ1) is 19.6.